The maximum atomic E-state index is 5.93. The van der Waals surface area contributed by atoms with Crippen molar-refractivity contribution >= 4 is 11.6 Å². The van der Waals surface area contributed by atoms with Crippen molar-refractivity contribution in [3.8, 4) is 11.6 Å². The minimum absolute atomic E-state index is 0.260. The molecule has 1 aliphatic rings. The van der Waals surface area contributed by atoms with Crippen molar-refractivity contribution < 1.29 is 9.47 Å². The maximum Gasteiger partial charge on any atom is 0.225 e. The number of benzene rings is 1. The Bertz CT molecular complexity index is 614. The quantitative estimate of drug-likeness (QED) is 0.811. The van der Waals surface area contributed by atoms with Gasteiger partial charge in [-0.25, -0.2) is 4.98 Å². The highest BCUT2D eigenvalue weighted by atomic mass is 35.5. The zero-order valence-corrected chi connectivity index (χ0v) is 12.0. The summed E-state index contributed by atoms with van der Waals surface area (Å²) < 4.78 is 10.9. The molecule has 1 aromatic heterocycles. The van der Waals surface area contributed by atoms with E-state index in [2.05, 4.69) is 9.97 Å². The Labute approximate surface area is 122 Å². The van der Waals surface area contributed by atoms with Gasteiger partial charge in [0.2, 0.25) is 11.2 Å². The predicted octanol–water partition coefficient (Wildman–Crippen LogP) is 3.21. The van der Waals surface area contributed by atoms with E-state index in [0.29, 0.717) is 12.5 Å². The van der Waals surface area contributed by atoms with Gasteiger partial charge in [-0.05, 0) is 48.6 Å². The molecule has 5 heteroatoms. The number of aromatic nitrogens is 2. The number of halogens is 1. The van der Waals surface area contributed by atoms with Crippen LogP contribution >= 0.6 is 11.6 Å². The molecule has 104 valence electrons. The van der Waals surface area contributed by atoms with Crippen molar-refractivity contribution in [2.75, 3.05) is 7.11 Å². The van der Waals surface area contributed by atoms with Crippen LogP contribution in [0.15, 0.2) is 24.3 Å². The molecule has 1 aromatic carbocycles. The molecule has 0 bridgehead atoms. The summed E-state index contributed by atoms with van der Waals surface area (Å²) in [6, 6.07) is 7.77. The lowest BCUT2D eigenvalue weighted by Crippen LogP contribution is -2.03. The van der Waals surface area contributed by atoms with Crippen molar-refractivity contribution in [3.63, 3.8) is 0 Å². The highest BCUT2D eigenvalue weighted by Crippen LogP contribution is 2.29. The average Bonchev–Trinajstić information content (AvgIpc) is 2.93. The Kier molecular flexibility index (Phi) is 3.74. The molecule has 0 saturated heterocycles. The second-order valence-corrected chi connectivity index (χ2v) is 5.05. The number of hydrogen-bond donors (Lipinski definition) is 0. The van der Waals surface area contributed by atoms with Crippen LogP contribution in [0.4, 0.5) is 0 Å². The molecule has 0 saturated carbocycles. The summed E-state index contributed by atoms with van der Waals surface area (Å²) in [6.45, 7) is 0.462. The van der Waals surface area contributed by atoms with Gasteiger partial charge in [-0.2, -0.15) is 4.98 Å². The SMILES string of the molecule is COc1ccc(COc2nc(Cl)nc3c2CCC3)cc1. The zero-order valence-electron chi connectivity index (χ0n) is 11.2. The third kappa shape index (κ3) is 2.70. The largest absolute Gasteiger partial charge is 0.497 e. The van der Waals surface area contributed by atoms with E-state index in [1.807, 2.05) is 24.3 Å². The fraction of sp³-hybridized carbons (Fsp3) is 0.333. The molecule has 0 N–H and O–H groups in total. The van der Waals surface area contributed by atoms with Crippen LogP contribution in [0.5, 0.6) is 11.6 Å². The second kappa shape index (κ2) is 5.67. The fourth-order valence-corrected chi connectivity index (χ4v) is 2.54. The summed E-state index contributed by atoms with van der Waals surface area (Å²) in [7, 11) is 1.65. The standard InChI is InChI=1S/C15H15ClN2O2/c1-19-11-7-5-10(6-8-11)9-20-14-12-3-2-4-13(12)17-15(16)18-14/h5-8H,2-4,9H2,1H3. The molecule has 0 radical (unpaired) electrons. The Balaban J connectivity index is 1.75. The van der Waals surface area contributed by atoms with Crippen LogP contribution in [-0.2, 0) is 19.4 Å². The van der Waals surface area contributed by atoms with Crippen molar-refractivity contribution in [1.29, 1.82) is 0 Å². The minimum Gasteiger partial charge on any atom is -0.497 e. The number of aryl methyl sites for hydroxylation is 1. The van der Waals surface area contributed by atoms with Crippen LogP contribution in [0.25, 0.3) is 0 Å². The number of nitrogens with zero attached hydrogens (tertiary/aromatic N) is 2. The van der Waals surface area contributed by atoms with E-state index in [0.717, 1.165) is 41.8 Å². The summed E-state index contributed by atoms with van der Waals surface area (Å²) in [5, 5.41) is 0.260. The normalized spacial score (nSPS) is 13.1. The molecule has 1 aliphatic carbocycles. The summed E-state index contributed by atoms with van der Waals surface area (Å²) in [4.78, 5) is 8.45. The average molecular weight is 291 g/mol. The molecule has 0 atom stereocenters. The van der Waals surface area contributed by atoms with E-state index in [4.69, 9.17) is 21.1 Å². The number of rotatable bonds is 4. The summed E-state index contributed by atoms with van der Waals surface area (Å²) in [5.41, 5.74) is 3.19. The van der Waals surface area contributed by atoms with Crippen molar-refractivity contribution in [1.82, 2.24) is 9.97 Å². The molecule has 0 aliphatic heterocycles. The third-order valence-corrected chi connectivity index (χ3v) is 3.57. The molecule has 0 unspecified atom stereocenters. The van der Waals surface area contributed by atoms with Gasteiger partial charge in [-0.3, -0.25) is 0 Å². The van der Waals surface area contributed by atoms with Gasteiger partial charge in [0.25, 0.3) is 0 Å². The lowest BCUT2D eigenvalue weighted by atomic mass is 10.2. The first-order valence-electron chi connectivity index (χ1n) is 6.57. The number of hydrogen-bond acceptors (Lipinski definition) is 4. The molecule has 0 spiro atoms. The molecule has 0 amide bonds. The Morgan fingerprint density at radius 1 is 1.15 bits per heavy atom. The van der Waals surface area contributed by atoms with Gasteiger partial charge in [-0.1, -0.05) is 12.1 Å². The molecule has 4 nitrogen and oxygen atoms in total. The van der Waals surface area contributed by atoms with E-state index in [9.17, 15) is 0 Å². The number of methoxy groups -OCH3 is 1. The molecule has 2 aromatic rings. The van der Waals surface area contributed by atoms with Crippen LogP contribution in [0.1, 0.15) is 23.2 Å². The van der Waals surface area contributed by atoms with Gasteiger partial charge in [0.15, 0.2) is 0 Å². The molecule has 3 rings (SSSR count). The monoisotopic (exact) mass is 290 g/mol. The molecule has 1 heterocycles. The van der Waals surface area contributed by atoms with Crippen molar-refractivity contribution in [2.24, 2.45) is 0 Å². The van der Waals surface area contributed by atoms with Crippen LogP contribution in [0.3, 0.4) is 0 Å². The lowest BCUT2D eigenvalue weighted by Gasteiger charge is -2.10. The van der Waals surface area contributed by atoms with Crippen molar-refractivity contribution in [3.05, 3.63) is 46.4 Å². The first kappa shape index (κ1) is 13.2. The topological polar surface area (TPSA) is 44.2 Å². The van der Waals surface area contributed by atoms with Gasteiger partial charge in [-0.15, -0.1) is 0 Å². The summed E-state index contributed by atoms with van der Waals surface area (Å²) in [5.74, 6) is 1.45. The van der Waals surface area contributed by atoms with Gasteiger partial charge >= 0.3 is 0 Å². The van der Waals surface area contributed by atoms with Crippen molar-refractivity contribution in [2.45, 2.75) is 25.9 Å². The van der Waals surface area contributed by atoms with Gasteiger partial charge in [0.1, 0.15) is 12.4 Å². The summed E-state index contributed by atoms with van der Waals surface area (Å²) in [6.07, 6.45) is 3.00. The Morgan fingerprint density at radius 3 is 2.70 bits per heavy atom. The number of ether oxygens (including phenoxy) is 2. The third-order valence-electron chi connectivity index (χ3n) is 3.40. The fourth-order valence-electron chi connectivity index (χ4n) is 2.36. The maximum absolute atomic E-state index is 5.93. The number of fused-ring (bicyclic) bond motifs is 1. The van der Waals surface area contributed by atoms with Crippen LogP contribution < -0.4 is 9.47 Å². The van der Waals surface area contributed by atoms with Crippen LogP contribution in [0, 0.1) is 0 Å². The molecule has 20 heavy (non-hydrogen) atoms. The smallest absolute Gasteiger partial charge is 0.225 e. The van der Waals surface area contributed by atoms with E-state index < -0.39 is 0 Å². The Hall–Kier alpha value is -1.81. The van der Waals surface area contributed by atoms with E-state index in [1.54, 1.807) is 7.11 Å². The van der Waals surface area contributed by atoms with E-state index >= 15 is 0 Å². The van der Waals surface area contributed by atoms with Gasteiger partial charge in [0.05, 0.1) is 12.8 Å². The predicted molar refractivity (Wildman–Crippen MR) is 76.4 cm³/mol. The molecule has 0 fully saturated rings. The van der Waals surface area contributed by atoms with E-state index in [1.165, 1.54) is 0 Å². The highest BCUT2D eigenvalue weighted by Gasteiger charge is 2.19. The van der Waals surface area contributed by atoms with Gasteiger partial charge in [0, 0.05) is 5.56 Å². The zero-order chi connectivity index (χ0) is 13.9. The lowest BCUT2D eigenvalue weighted by molar-refractivity contribution is 0.290. The summed E-state index contributed by atoms with van der Waals surface area (Å²) >= 11 is 5.93. The van der Waals surface area contributed by atoms with E-state index in [-0.39, 0.29) is 5.28 Å². The first-order valence-corrected chi connectivity index (χ1v) is 6.95. The minimum atomic E-state index is 0.260. The molecular weight excluding hydrogens is 276 g/mol. The van der Waals surface area contributed by atoms with Crippen LogP contribution in [0.2, 0.25) is 5.28 Å². The second-order valence-electron chi connectivity index (χ2n) is 4.71. The first-order chi connectivity index (χ1) is 9.76. The Morgan fingerprint density at radius 2 is 1.95 bits per heavy atom. The molecular formula is C15H15ClN2O2. The van der Waals surface area contributed by atoms with Gasteiger partial charge < -0.3 is 9.47 Å². The van der Waals surface area contributed by atoms with Crippen LogP contribution in [-0.4, -0.2) is 17.1 Å². The highest BCUT2D eigenvalue weighted by molar-refractivity contribution is 6.28.